The first-order valence-corrected chi connectivity index (χ1v) is 7.99. The van der Waals surface area contributed by atoms with Gasteiger partial charge < -0.3 is 0 Å². The minimum Gasteiger partial charge on any atom is -0.294 e. The van der Waals surface area contributed by atoms with Gasteiger partial charge in [-0.05, 0) is 24.8 Å². The molecule has 1 aliphatic rings. The van der Waals surface area contributed by atoms with Crippen LogP contribution in [0, 0.1) is 6.92 Å². The van der Waals surface area contributed by atoms with E-state index in [0.717, 1.165) is 24.4 Å². The summed E-state index contributed by atoms with van der Waals surface area (Å²) in [5.74, 6) is 1.67. The lowest BCUT2D eigenvalue weighted by atomic mass is 9.82. The van der Waals surface area contributed by atoms with Crippen molar-refractivity contribution < 1.29 is 4.79 Å². The third-order valence-electron chi connectivity index (χ3n) is 4.51. The second kappa shape index (κ2) is 5.26. The van der Waals surface area contributed by atoms with Crippen LogP contribution >= 0.6 is 0 Å². The molecule has 1 unspecified atom stereocenters. The van der Waals surface area contributed by atoms with Crippen molar-refractivity contribution in [2.24, 2.45) is 0 Å². The highest BCUT2D eigenvalue weighted by Crippen LogP contribution is 2.32. The number of benzene rings is 1. The number of rotatable bonds is 2. The summed E-state index contributed by atoms with van der Waals surface area (Å²) >= 11 is 0. The van der Waals surface area contributed by atoms with E-state index in [4.69, 9.17) is 0 Å². The molecule has 4 rings (SSSR count). The SMILES string of the molecule is CCc1nc2ncc3c(n2n1)CC(c1cccc(C)c1)CC3=O. The zero-order chi connectivity index (χ0) is 16.0. The van der Waals surface area contributed by atoms with Crippen LogP contribution in [0.2, 0.25) is 0 Å². The molecule has 0 N–H and O–H groups in total. The highest BCUT2D eigenvalue weighted by molar-refractivity contribution is 5.98. The van der Waals surface area contributed by atoms with Crippen molar-refractivity contribution in [3.05, 3.63) is 58.7 Å². The molecule has 0 saturated heterocycles. The normalized spacial score (nSPS) is 17.5. The number of fused-ring (bicyclic) bond motifs is 3. The maximum Gasteiger partial charge on any atom is 0.252 e. The lowest BCUT2D eigenvalue weighted by molar-refractivity contribution is 0.0962. The van der Waals surface area contributed by atoms with Gasteiger partial charge in [0.2, 0.25) is 0 Å². The van der Waals surface area contributed by atoms with Gasteiger partial charge in [0.15, 0.2) is 11.6 Å². The highest BCUT2D eigenvalue weighted by Gasteiger charge is 2.29. The van der Waals surface area contributed by atoms with Crippen molar-refractivity contribution in [2.45, 2.75) is 39.0 Å². The van der Waals surface area contributed by atoms with Crippen molar-refractivity contribution in [1.29, 1.82) is 0 Å². The molecule has 5 nitrogen and oxygen atoms in total. The van der Waals surface area contributed by atoms with E-state index in [1.807, 2.05) is 6.92 Å². The zero-order valence-corrected chi connectivity index (χ0v) is 13.3. The van der Waals surface area contributed by atoms with Crippen molar-refractivity contribution in [3.8, 4) is 0 Å². The molecule has 0 saturated carbocycles. The third kappa shape index (κ3) is 2.32. The van der Waals surface area contributed by atoms with Gasteiger partial charge in [-0.15, -0.1) is 5.10 Å². The number of carbonyl (C=O) groups is 1. The molecule has 1 aromatic carbocycles. The number of aryl methyl sites for hydroxylation is 2. The van der Waals surface area contributed by atoms with Crippen LogP contribution in [0.4, 0.5) is 0 Å². The summed E-state index contributed by atoms with van der Waals surface area (Å²) in [6.07, 6.45) is 3.73. The molecule has 0 radical (unpaired) electrons. The molecular formula is C18H18N4O. The lowest BCUT2D eigenvalue weighted by Crippen LogP contribution is -2.22. The minimum absolute atomic E-state index is 0.140. The summed E-state index contributed by atoms with van der Waals surface area (Å²) in [5, 5.41) is 4.52. The Balaban J connectivity index is 1.83. The van der Waals surface area contributed by atoms with Crippen LogP contribution in [0.25, 0.3) is 5.78 Å². The third-order valence-corrected chi connectivity index (χ3v) is 4.51. The van der Waals surface area contributed by atoms with Crippen LogP contribution in [0.1, 0.15) is 52.3 Å². The lowest BCUT2D eigenvalue weighted by Gasteiger charge is -2.24. The Hall–Kier alpha value is -2.56. The smallest absolute Gasteiger partial charge is 0.252 e. The number of aromatic nitrogens is 4. The first-order chi connectivity index (χ1) is 11.2. The molecule has 0 amide bonds. The van der Waals surface area contributed by atoms with Gasteiger partial charge in [0.1, 0.15) is 0 Å². The van der Waals surface area contributed by atoms with E-state index in [0.29, 0.717) is 17.8 Å². The molecule has 0 fully saturated rings. The second-order valence-electron chi connectivity index (χ2n) is 6.15. The number of nitrogens with zero attached hydrogens (tertiary/aromatic N) is 4. The van der Waals surface area contributed by atoms with E-state index < -0.39 is 0 Å². The first kappa shape index (κ1) is 14.1. The van der Waals surface area contributed by atoms with E-state index in [1.165, 1.54) is 11.1 Å². The van der Waals surface area contributed by atoms with E-state index >= 15 is 0 Å². The summed E-state index contributed by atoms with van der Waals surface area (Å²) in [4.78, 5) is 21.3. The molecule has 2 aromatic heterocycles. The summed E-state index contributed by atoms with van der Waals surface area (Å²) < 4.78 is 1.76. The van der Waals surface area contributed by atoms with Gasteiger partial charge >= 0.3 is 0 Å². The van der Waals surface area contributed by atoms with E-state index in [-0.39, 0.29) is 11.7 Å². The quantitative estimate of drug-likeness (QED) is 0.730. The van der Waals surface area contributed by atoms with Crippen LogP contribution in [-0.2, 0) is 12.8 Å². The number of ketones is 1. The molecule has 3 aromatic rings. The van der Waals surface area contributed by atoms with Gasteiger partial charge in [-0.2, -0.15) is 4.98 Å². The second-order valence-corrected chi connectivity index (χ2v) is 6.15. The van der Waals surface area contributed by atoms with Crippen molar-refractivity contribution in [3.63, 3.8) is 0 Å². The maximum absolute atomic E-state index is 12.6. The largest absolute Gasteiger partial charge is 0.294 e. The number of carbonyl (C=O) groups excluding carboxylic acids is 1. The Morgan fingerprint density at radius 2 is 2.17 bits per heavy atom. The van der Waals surface area contributed by atoms with Gasteiger partial charge in [0, 0.05) is 19.0 Å². The van der Waals surface area contributed by atoms with E-state index in [9.17, 15) is 4.79 Å². The zero-order valence-electron chi connectivity index (χ0n) is 13.3. The Morgan fingerprint density at radius 3 is 2.96 bits per heavy atom. The van der Waals surface area contributed by atoms with E-state index in [1.54, 1.807) is 10.7 Å². The fourth-order valence-electron chi connectivity index (χ4n) is 3.30. The molecule has 23 heavy (non-hydrogen) atoms. The predicted molar refractivity (Wildman–Crippen MR) is 86.7 cm³/mol. The van der Waals surface area contributed by atoms with Crippen molar-refractivity contribution in [2.75, 3.05) is 0 Å². The summed E-state index contributed by atoms with van der Waals surface area (Å²) in [5.41, 5.74) is 4.05. The summed E-state index contributed by atoms with van der Waals surface area (Å²) in [6.45, 7) is 4.09. The number of Topliss-reactive ketones (excluding diaryl/α,β-unsaturated/α-hetero) is 1. The molecule has 2 heterocycles. The molecule has 5 heteroatoms. The number of hydrogen-bond donors (Lipinski definition) is 0. The molecule has 0 spiro atoms. The van der Waals surface area contributed by atoms with Crippen LogP contribution in [0.15, 0.2) is 30.5 Å². The van der Waals surface area contributed by atoms with Crippen molar-refractivity contribution in [1.82, 2.24) is 19.6 Å². The van der Waals surface area contributed by atoms with E-state index in [2.05, 4.69) is 46.3 Å². The standard InChI is InChI=1S/C18H18N4O/c1-3-17-20-18-19-10-14-15(22(18)21-17)8-13(9-16(14)23)12-6-4-5-11(2)7-12/h4-7,10,13H,3,8-9H2,1-2H3. The highest BCUT2D eigenvalue weighted by atomic mass is 16.1. The van der Waals surface area contributed by atoms with Gasteiger partial charge in [0.05, 0.1) is 11.3 Å². The molecule has 0 aliphatic heterocycles. The minimum atomic E-state index is 0.140. The first-order valence-electron chi connectivity index (χ1n) is 7.99. The van der Waals surface area contributed by atoms with Crippen LogP contribution in [0.3, 0.4) is 0 Å². The molecule has 116 valence electrons. The fraction of sp³-hybridized carbons (Fsp3) is 0.333. The van der Waals surface area contributed by atoms with Crippen LogP contribution in [-0.4, -0.2) is 25.4 Å². The predicted octanol–water partition coefficient (Wildman–Crippen LogP) is 2.91. The Morgan fingerprint density at radius 1 is 1.30 bits per heavy atom. The van der Waals surface area contributed by atoms with Gasteiger partial charge in [0.25, 0.3) is 5.78 Å². The fourth-order valence-corrected chi connectivity index (χ4v) is 3.30. The average Bonchev–Trinajstić information content (AvgIpc) is 2.98. The molecular weight excluding hydrogens is 288 g/mol. The molecule has 1 atom stereocenters. The van der Waals surface area contributed by atoms with Gasteiger partial charge in [-0.25, -0.2) is 9.50 Å². The van der Waals surface area contributed by atoms with Gasteiger partial charge in [-0.1, -0.05) is 36.8 Å². The maximum atomic E-state index is 12.6. The summed E-state index contributed by atoms with van der Waals surface area (Å²) in [7, 11) is 0. The topological polar surface area (TPSA) is 60.1 Å². The van der Waals surface area contributed by atoms with Crippen LogP contribution in [0.5, 0.6) is 0 Å². The Labute approximate surface area is 134 Å². The summed E-state index contributed by atoms with van der Waals surface area (Å²) in [6, 6.07) is 8.40. The Kier molecular flexibility index (Phi) is 3.22. The molecule has 0 bridgehead atoms. The van der Waals surface area contributed by atoms with Gasteiger partial charge in [-0.3, -0.25) is 4.79 Å². The molecule has 1 aliphatic carbocycles. The van der Waals surface area contributed by atoms with Crippen LogP contribution < -0.4 is 0 Å². The number of hydrogen-bond acceptors (Lipinski definition) is 4. The Bertz CT molecular complexity index is 913. The van der Waals surface area contributed by atoms with Crippen molar-refractivity contribution >= 4 is 11.6 Å². The monoisotopic (exact) mass is 306 g/mol. The average molecular weight is 306 g/mol.